The minimum Gasteiger partial charge on any atom is -1.00 e. The van der Waals surface area contributed by atoms with Crippen LogP contribution in [0.2, 0.25) is 0 Å². The summed E-state index contributed by atoms with van der Waals surface area (Å²) in [6.45, 7) is 6.11. The maximum absolute atomic E-state index is 12.2. The molecule has 0 aromatic carbocycles. The Morgan fingerprint density at radius 1 is 1.41 bits per heavy atom. The van der Waals surface area contributed by atoms with E-state index in [0.29, 0.717) is 12.0 Å². The number of fused-ring (bicyclic) bond motifs is 3. The van der Waals surface area contributed by atoms with E-state index in [4.69, 9.17) is 4.74 Å². The number of aromatic nitrogens is 2. The summed E-state index contributed by atoms with van der Waals surface area (Å²) in [4.78, 5) is 29.6. The van der Waals surface area contributed by atoms with Crippen LogP contribution in [-0.4, -0.2) is 17.6 Å². The van der Waals surface area contributed by atoms with Crippen molar-refractivity contribution in [3.8, 4) is 0 Å². The molecule has 0 aliphatic rings. The number of halogens is 1. The van der Waals surface area contributed by atoms with Gasteiger partial charge in [-0.15, -0.1) is 0 Å². The first-order valence-corrected chi connectivity index (χ1v) is 8.32. The van der Waals surface area contributed by atoms with Gasteiger partial charge in [-0.3, -0.25) is 4.79 Å². The summed E-state index contributed by atoms with van der Waals surface area (Å²) in [5, 5.41) is 2.60. The third kappa shape index (κ3) is 2.64. The van der Waals surface area contributed by atoms with Gasteiger partial charge < -0.3 is 17.1 Å². The van der Waals surface area contributed by atoms with Gasteiger partial charge in [0.25, 0.3) is 0 Å². The van der Waals surface area contributed by atoms with Crippen LogP contribution in [0.15, 0.2) is 10.2 Å². The number of rotatable bonds is 3. The van der Waals surface area contributed by atoms with Crippen LogP contribution in [0.1, 0.15) is 23.1 Å². The molecule has 0 amide bonds. The molecule has 0 aliphatic carbocycles. The highest BCUT2D eigenvalue weighted by Gasteiger charge is 2.23. The molecule has 5 nitrogen and oxygen atoms in total. The Hall–Kier alpha value is -1.44. The van der Waals surface area contributed by atoms with Crippen LogP contribution in [0.25, 0.3) is 15.2 Å². The van der Waals surface area contributed by atoms with E-state index in [1.54, 1.807) is 18.3 Å². The molecule has 3 rings (SSSR count). The maximum atomic E-state index is 12.2. The number of carbonyl (C=O) groups excluding carboxylic acids is 1. The first-order chi connectivity index (χ1) is 10.0. The highest BCUT2D eigenvalue weighted by molar-refractivity contribution is 7.18. The van der Waals surface area contributed by atoms with Crippen molar-refractivity contribution in [1.82, 2.24) is 4.98 Å². The first kappa shape index (κ1) is 16.9. The first-order valence-electron chi connectivity index (χ1n) is 6.62. The number of hydrogen-bond donors (Lipinski definition) is 1. The Balaban J connectivity index is 0.00000176. The third-order valence-corrected chi connectivity index (χ3v) is 5.54. The number of nitrogens with one attached hydrogen (secondary N) is 1. The van der Waals surface area contributed by atoms with Gasteiger partial charge in [0.2, 0.25) is 4.83 Å². The maximum Gasteiger partial charge on any atom is 0.347 e. The molecule has 0 spiro atoms. The highest BCUT2D eigenvalue weighted by Crippen LogP contribution is 2.26. The lowest BCUT2D eigenvalue weighted by molar-refractivity contribution is -0.486. The smallest absolute Gasteiger partial charge is 0.347 e. The van der Waals surface area contributed by atoms with Crippen molar-refractivity contribution in [1.29, 1.82) is 0 Å². The number of hydrogen-bond acceptors (Lipinski definition) is 5. The summed E-state index contributed by atoms with van der Waals surface area (Å²) in [6, 6.07) is 0. The lowest BCUT2D eigenvalue weighted by Gasteiger charge is -1.99. The molecule has 118 valence electrons. The molecular formula is C14H15ClN2O3S2. The van der Waals surface area contributed by atoms with Gasteiger partial charge in [-0.2, -0.15) is 9.38 Å². The van der Waals surface area contributed by atoms with Crippen LogP contribution in [0.4, 0.5) is 0 Å². The molecule has 0 radical (unpaired) electrons. The third-order valence-electron chi connectivity index (χ3n) is 3.45. The van der Waals surface area contributed by atoms with Crippen LogP contribution in [0, 0.1) is 13.8 Å². The zero-order valence-corrected chi connectivity index (χ0v) is 14.7. The molecule has 3 aromatic rings. The summed E-state index contributed by atoms with van der Waals surface area (Å²) in [7, 11) is 0. The van der Waals surface area contributed by atoms with E-state index in [0.717, 1.165) is 25.9 Å². The standard InChI is InChI=1S/C14H14N2O3S2.ClH/c1-4-19-10(17)5-9-6-20-14-15-12(18)11-7(2)8(3)21-13(11)16(9)14;/h6H,4-5H2,1-3H3;1H. The largest absolute Gasteiger partial charge is 1.00 e. The fourth-order valence-corrected chi connectivity index (χ4v) is 4.49. The summed E-state index contributed by atoms with van der Waals surface area (Å²) >= 11 is 3.00. The summed E-state index contributed by atoms with van der Waals surface area (Å²) in [5.41, 5.74) is 1.77. The molecule has 0 saturated heterocycles. The number of aryl methyl sites for hydroxylation is 2. The molecule has 0 atom stereocenters. The zero-order valence-electron chi connectivity index (χ0n) is 12.4. The summed E-state index contributed by atoms with van der Waals surface area (Å²) < 4.78 is 6.97. The quantitative estimate of drug-likeness (QED) is 0.488. The molecular weight excluding hydrogens is 344 g/mol. The second-order valence-electron chi connectivity index (χ2n) is 4.77. The van der Waals surface area contributed by atoms with Gasteiger partial charge in [0, 0.05) is 10.3 Å². The lowest BCUT2D eigenvalue weighted by Crippen LogP contribution is -3.00. The number of aromatic amines is 1. The van der Waals surface area contributed by atoms with Crippen molar-refractivity contribution >= 4 is 43.8 Å². The van der Waals surface area contributed by atoms with Crippen LogP contribution in [0.5, 0.6) is 0 Å². The lowest BCUT2D eigenvalue weighted by atomic mass is 10.2. The van der Waals surface area contributed by atoms with E-state index in [1.807, 2.05) is 23.6 Å². The molecule has 0 saturated carbocycles. The van der Waals surface area contributed by atoms with Crippen molar-refractivity contribution < 1.29 is 26.3 Å². The van der Waals surface area contributed by atoms with Crippen molar-refractivity contribution in [3.05, 3.63) is 31.9 Å². The molecule has 3 aromatic heterocycles. The second-order valence-corrected chi connectivity index (χ2v) is 6.83. The SMILES string of the molecule is CCOC(=O)Cc1csc2[nH]c(=O)c3c(C)c(C)sc3[n+]12.[Cl-]. The Morgan fingerprint density at radius 3 is 2.82 bits per heavy atom. The molecule has 0 unspecified atom stereocenters. The molecule has 8 heteroatoms. The highest BCUT2D eigenvalue weighted by atomic mass is 35.5. The van der Waals surface area contributed by atoms with Crippen molar-refractivity contribution in [3.63, 3.8) is 0 Å². The number of ether oxygens (including phenoxy) is 1. The molecule has 1 N–H and O–H groups in total. The van der Waals surface area contributed by atoms with E-state index in [-0.39, 0.29) is 30.4 Å². The summed E-state index contributed by atoms with van der Waals surface area (Å²) in [6.07, 6.45) is 0.204. The van der Waals surface area contributed by atoms with Crippen LogP contribution in [-0.2, 0) is 16.0 Å². The minimum atomic E-state index is -0.256. The fourth-order valence-electron chi connectivity index (χ4n) is 2.34. The van der Waals surface area contributed by atoms with Crippen molar-refractivity contribution in [2.45, 2.75) is 27.2 Å². The topological polar surface area (TPSA) is 63.3 Å². The number of esters is 1. The number of thiazole rings is 1. The van der Waals surface area contributed by atoms with Gasteiger partial charge in [0.05, 0.1) is 6.61 Å². The van der Waals surface area contributed by atoms with Crippen molar-refractivity contribution in [2.75, 3.05) is 6.61 Å². The average molecular weight is 359 g/mol. The molecule has 0 aliphatic heterocycles. The molecule has 3 heterocycles. The van der Waals surface area contributed by atoms with Gasteiger partial charge in [-0.1, -0.05) is 22.7 Å². The Morgan fingerprint density at radius 2 is 2.14 bits per heavy atom. The van der Waals surface area contributed by atoms with Gasteiger partial charge >= 0.3 is 16.5 Å². The number of nitrogens with zero attached hydrogens (tertiary/aromatic N) is 1. The Bertz CT molecular complexity index is 910. The average Bonchev–Trinajstić information content (AvgIpc) is 2.93. The van der Waals surface area contributed by atoms with E-state index in [9.17, 15) is 9.59 Å². The van der Waals surface area contributed by atoms with E-state index in [1.165, 1.54) is 11.3 Å². The minimum absolute atomic E-state index is 0. The molecule has 0 bridgehead atoms. The van der Waals surface area contributed by atoms with Gasteiger partial charge in [0.15, 0.2) is 0 Å². The fraction of sp³-hybridized carbons (Fsp3) is 0.357. The van der Waals surface area contributed by atoms with E-state index < -0.39 is 0 Å². The number of H-pyrrole nitrogens is 1. The number of thiophene rings is 1. The predicted molar refractivity (Wildman–Crippen MR) is 83.3 cm³/mol. The normalized spacial score (nSPS) is 10.9. The molecule has 22 heavy (non-hydrogen) atoms. The van der Waals surface area contributed by atoms with Crippen molar-refractivity contribution in [2.24, 2.45) is 0 Å². The summed E-state index contributed by atoms with van der Waals surface area (Å²) in [5.74, 6) is -0.256. The number of carbonyl (C=O) groups is 1. The Kier molecular flexibility index (Phi) is 4.89. The predicted octanol–water partition coefficient (Wildman–Crippen LogP) is -0.884. The van der Waals surface area contributed by atoms with E-state index >= 15 is 0 Å². The molecule has 0 fully saturated rings. The van der Waals surface area contributed by atoms with Gasteiger partial charge in [-0.25, -0.2) is 4.79 Å². The van der Waals surface area contributed by atoms with Gasteiger partial charge in [-0.05, 0) is 26.3 Å². The second kappa shape index (κ2) is 6.36. The zero-order chi connectivity index (χ0) is 15.1. The van der Waals surface area contributed by atoms with Crippen LogP contribution in [0.3, 0.4) is 0 Å². The Labute approximate surface area is 141 Å². The van der Waals surface area contributed by atoms with Crippen LogP contribution < -0.4 is 22.4 Å². The van der Waals surface area contributed by atoms with E-state index in [2.05, 4.69) is 4.98 Å². The van der Waals surface area contributed by atoms with Gasteiger partial charge in [0.1, 0.15) is 17.5 Å². The van der Waals surface area contributed by atoms with Crippen LogP contribution >= 0.6 is 22.7 Å². The monoisotopic (exact) mass is 358 g/mol.